The van der Waals surface area contributed by atoms with Crippen molar-refractivity contribution in [2.75, 3.05) is 26.2 Å². The summed E-state index contributed by atoms with van der Waals surface area (Å²) in [5.74, 6) is 0. The lowest BCUT2D eigenvalue weighted by atomic mass is 10.4. The highest BCUT2D eigenvalue weighted by Crippen LogP contribution is 2.14. The van der Waals surface area contributed by atoms with Gasteiger partial charge in [-0.05, 0) is 26.4 Å². The Balaban J connectivity index is 0.00000112. The van der Waals surface area contributed by atoms with Crippen molar-refractivity contribution in [3.05, 3.63) is 16.1 Å². The van der Waals surface area contributed by atoms with Crippen molar-refractivity contribution in [2.24, 2.45) is 0 Å². The van der Waals surface area contributed by atoms with Crippen molar-refractivity contribution < 1.29 is 0 Å². The van der Waals surface area contributed by atoms with E-state index >= 15 is 0 Å². The van der Waals surface area contributed by atoms with Gasteiger partial charge in [-0.15, -0.1) is 23.7 Å². The number of aromatic nitrogens is 1. The monoisotopic (exact) mass is 247 g/mol. The first-order chi connectivity index (χ1) is 6.84. The third kappa shape index (κ3) is 4.07. The Morgan fingerprint density at radius 1 is 1.47 bits per heavy atom. The Morgan fingerprint density at radius 3 is 3.07 bits per heavy atom. The number of nitrogens with one attached hydrogen (secondary N) is 1. The number of nitrogens with zero attached hydrogens (tertiary/aromatic N) is 2. The molecule has 0 radical (unpaired) electrons. The molecule has 0 atom stereocenters. The van der Waals surface area contributed by atoms with E-state index in [0.717, 1.165) is 26.2 Å². The lowest BCUT2D eigenvalue weighted by Gasteiger charge is -2.17. The number of hydrogen-bond donors (Lipinski definition) is 1. The van der Waals surface area contributed by atoms with Gasteiger partial charge < -0.3 is 5.32 Å². The van der Waals surface area contributed by atoms with Crippen molar-refractivity contribution >= 4 is 23.7 Å². The average molecular weight is 248 g/mol. The highest BCUT2D eigenvalue weighted by atomic mass is 35.5. The van der Waals surface area contributed by atoms with Crippen molar-refractivity contribution in [3.63, 3.8) is 0 Å². The Hall–Kier alpha value is -0.160. The normalized spacial score (nSPS) is 18.2. The lowest BCUT2D eigenvalue weighted by molar-refractivity contribution is 0.287. The molecule has 1 fully saturated rings. The molecule has 0 amide bonds. The molecule has 3 nitrogen and oxygen atoms in total. The van der Waals surface area contributed by atoms with Crippen molar-refractivity contribution in [3.8, 4) is 0 Å². The second kappa shape index (κ2) is 6.43. The fourth-order valence-corrected chi connectivity index (χ4v) is 2.60. The maximum atomic E-state index is 4.28. The van der Waals surface area contributed by atoms with E-state index in [2.05, 4.69) is 22.1 Å². The van der Waals surface area contributed by atoms with E-state index in [0.29, 0.717) is 0 Å². The number of rotatable bonds is 2. The lowest BCUT2D eigenvalue weighted by Crippen LogP contribution is -2.27. The quantitative estimate of drug-likeness (QED) is 0.862. The maximum Gasteiger partial charge on any atom is 0.0897 e. The van der Waals surface area contributed by atoms with Crippen LogP contribution in [0.1, 0.15) is 16.3 Å². The fourth-order valence-electron chi connectivity index (χ4n) is 1.76. The minimum atomic E-state index is 0. The van der Waals surface area contributed by atoms with Crippen molar-refractivity contribution in [1.82, 2.24) is 15.2 Å². The Labute approximate surface area is 101 Å². The number of halogens is 1. The Bertz CT molecular complexity index is 282. The Morgan fingerprint density at radius 2 is 2.33 bits per heavy atom. The molecule has 1 aromatic heterocycles. The van der Waals surface area contributed by atoms with Crippen LogP contribution in [0.25, 0.3) is 0 Å². The van der Waals surface area contributed by atoms with Crippen LogP contribution in [-0.4, -0.2) is 36.1 Å². The zero-order valence-electron chi connectivity index (χ0n) is 9.03. The van der Waals surface area contributed by atoms with Gasteiger partial charge >= 0.3 is 0 Å². The summed E-state index contributed by atoms with van der Waals surface area (Å²) in [5, 5.41) is 4.59. The fraction of sp³-hybridized carbons (Fsp3) is 0.700. The van der Waals surface area contributed by atoms with Gasteiger partial charge in [-0.1, -0.05) is 0 Å². The molecular weight excluding hydrogens is 230 g/mol. The SMILES string of the molecule is Cc1ncc(CN2CCCNCC2)s1.Cl. The number of hydrogen-bond acceptors (Lipinski definition) is 4. The van der Waals surface area contributed by atoms with Crippen LogP contribution in [-0.2, 0) is 6.54 Å². The van der Waals surface area contributed by atoms with Gasteiger partial charge in [-0.25, -0.2) is 4.98 Å². The van der Waals surface area contributed by atoms with Crippen LogP contribution >= 0.6 is 23.7 Å². The van der Waals surface area contributed by atoms with Crippen molar-refractivity contribution in [2.45, 2.75) is 19.9 Å². The predicted octanol–water partition coefficient (Wildman–Crippen LogP) is 1.67. The van der Waals surface area contributed by atoms with Crippen LogP contribution < -0.4 is 5.32 Å². The first-order valence-corrected chi connectivity index (χ1v) is 6.00. The molecule has 2 heterocycles. The third-order valence-electron chi connectivity index (χ3n) is 2.48. The highest BCUT2D eigenvalue weighted by molar-refractivity contribution is 7.11. The summed E-state index contributed by atoms with van der Waals surface area (Å²) in [4.78, 5) is 8.18. The molecule has 2 rings (SSSR count). The molecule has 0 unspecified atom stereocenters. The molecule has 15 heavy (non-hydrogen) atoms. The third-order valence-corrected chi connectivity index (χ3v) is 3.38. The molecule has 0 saturated carbocycles. The molecule has 1 aromatic rings. The average Bonchev–Trinajstić information content (AvgIpc) is 2.43. The second-order valence-electron chi connectivity index (χ2n) is 3.73. The van der Waals surface area contributed by atoms with Crippen LogP contribution in [0.3, 0.4) is 0 Å². The van der Waals surface area contributed by atoms with E-state index in [1.54, 1.807) is 0 Å². The molecule has 1 aliphatic heterocycles. The number of thiazole rings is 1. The molecular formula is C10H18ClN3S. The molecule has 86 valence electrons. The van der Waals surface area contributed by atoms with Gasteiger partial charge in [0.1, 0.15) is 0 Å². The van der Waals surface area contributed by atoms with Gasteiger partial charge in [0.15, 0.2) is 0 Å². The van der Waals surface area contributed by atoms with Gasteiger partial charge in [0.2, 0.25) is 0 Å². The van der Waals surface area contributed by atoms with Gasteiger partial charge in [0, 0.05) is 30.7 Å². The predicted molar refractivity (Wildman–Crippen MR) is 66.9 cm³/mol. The summed E-state index contributed by atoms with van der Waals surface area (Å²) in [6.45, 7) is 7.81. The van der Waals surface area contributed by atoms with E-state index in [9.17, 15) is 0 Å². The minimum Gasteiger partial charge on any atom is -0.315 e. The van der Waals surface area contributed by atoms with E-state index in [1.165, 1.54) is 22.9 Å². The minimum absolute atomic E-state index is 0. The first kappa shape index (κ1) is 12.9. The summed E-state index contributed by atoms with van der Waals surface area (Å²) in [6, 6.07) is 0. The molecule has 0 spiro atoms. The summed E-state index contributed by atoms with van der Waals surface area (Å²) >= 11 is 1.82. The van der Waals surface area contributed by atoms with Gasteiger partial charge in [0.25, 0.3) is 0 Å². The standard InChI is InChI=1S/C10H17N3S.ClH/c1-9-12-7-10(14-9)8-13-5-2-3-11-4-6-13;/h7,11H,2-6,8H2,1H3;1H. The van der Waals surface area contributed by atoms with E-state index < -0.39 is 0 Å². The van der Waals surface area contributed by atoms with E-state index in [4.69, 9.17) is 0 Å². The van der Waals surface area contributed by atoms with Gasteiger partial charge in [-0.3, -0.25) is 4.90 Å². The van der Waals surface area contributed by atoms with E-state index in [1.807, 2.05) is 17.5 Å². The molecule has 1 aliphatic rings. The number of aryl methyl sites for hydroxylation is 1. The molecule has 1 N–H and O–H groups in total. The zero-order valence-corrected chi connectivity index (χ0v) is 10.7. The smallest absolute Gasteiger partial charge is 0.0897 e. The molecule has 0 bridgehead atoms. The zero-order chi connectivity index (χ0) is 9.80. The first-order valence-electron chi connectivity index (χ1n) is 5.19. The molecule has 0 aliphatic carbocycles. The van der Waals surface area contributed by atoms with Crippen LogP contribution in [0.5, 0.6) is 0 Å². The summed E-state index contributed by atoms with van der Waals surface area (Å²) < 4.78 is 0. The highest BCUT2D eigenvalue weighted by Gasteiger charge is 2.09. The van der Waals surface area contributed by atoms with Crippen LogP contribution in [0.2, 0.25) is 0 Å². The van der Waals surface area contributed by atoms with Crippen LogP contribution in [0.4, 0.5) is 0 Å². The van der Waals surface area contributed by atoms with Gasteiger partial charge in [0.05, 0.1) is 5.01 Å². The topological polar surface area (TPSA) is 28.2 Å². The molecule has 0 aromatic carbocycles. The van der Waals surface area contributed by atoms with Gasteiger partial charge in [-0.2, -0.15) is 0 Å². The largest absolute Gasteiger partial charge is 0.315 e. The maximum absolute atomic E-state index is 4.28. The molecule has 1 saturated heterocycles. The summed E-state index contributed by atoms with van der Waals surface area (Å²) in [7, 11) is 0. The Kier molecular flexibility index (Phi) is 5.53. The molecule has 5 heteroatoms. The summed E-state index contributed by atoms with van der Waals surface area (Å²) in [5.41, 5.74) is 0. The van der Waals surface area contributed by atoms with Crippen LogP contribution in [0.15, 0.2) is 6.20 Å². The van der Waals surface area contributed by atoms with Crippen molar-refractivity contribution in [1.29, 1.82) is 0 Å². The second-order valence-corrected chi connectivity index (χ2v) is 5.04. The van der Waals surface area contributed by atoms with E-state index in [-0.39, 0.29) is 12.4 Å². The summed E-state index contributed by atoms with van der Waals surface area (Å²) in [6.07, 6.45) is 3.27. The van der Waals surface area contributed by atoms with Crippen LogP contribution in [0, 0.1) is 6.92 Å².